The predicted octanol–water partition coefficient (Wildman–Crippen LogP) is 3.66. The molecular weight excluding hydrogens is 260 g/mol. The van der Waals surface area contributed by atoms with Gasteiger partial charge in [0.1, 0.15) is 5.76 Å². The SMILES string of the molecule is CC(C)CNCc1ccoc1CN(C)Cc1ccccc1. The second kappa shape index (κ2) is 8.01. The van der Waals surface area contributed by atoms with E-state index in [0.717, 1.165) is 31.9 Å². The maximum atomic E-state index is 5.65. The average molecular weight is 286 g/mol. The Hall–Kier alpha value is -1.58. The van der Waals surface area contributed by atoms with E-state index in [1.165, 1.54) is 11.1 Å². The molecule has 0 saturated carbocycles. The van der Waals surface area contributed by atoms with Crippen LogP contribution >= 0.6 is 0 Å². The number of hydrogen-bond donors (Lipinski definition) is 1. The van der Waals surface area contributed by atoms with E-state index in [1.54, 1.807) is 6.26 Å². The van der Waals surface area contributed by atoms with Crippen LogP contribution in [-0.2, 0) is 19.6 Å². The largest absolute Gasteiger partial charge is 0.468 e. The normalized spacial score (nSPS) is 11.5. The van der Waals surface area contributed by atoms with Crippen molar-refractivity contribution in [2.75, 3.05) is 13.6 Å². The lowest BCUT2D eigenvalue weighted by atomic mass is 10.2. The highest BCUT2D eigenvalue weighted by Crippen LogP contribution is 2.14. The van der Waals surface area contributed by atoms with Crippen LogP contribution in [0.5, 0.6) is 0 Å². The monoisotopic (exact) mass is 286 g/mol. The van der Waals surface area contributed by atoms with Gasteiger partial charge >= 0.3 is 0 Å². The molecule has 0 aliphatic heterocycles. The number of rotatable bonds is 8. The molecule has 0 saturated heterocycles. The fourth-order valence-corrected chi connectivity index (χ4v) is 2.35. The zero-order valence-corrected chi connectivity index (χ0v) is 13.3. The Morgan fingerprint density at radius 3 is 2.57 bits per heavy atom. The first-order valence-corrected chi connectivity index (χ1v) is 7.63. The topological polar surface area (TPSA) is 28.4 Å². The Morgan fingerprint density at radius 1 is 1.10 bits per heavy atom. The van der Waals surface area contributed by atoms with Crippen molar-refractivity contribution in [1.82, 2.24) is 10.2 Å². The maximum Gasteiger partial charge on any atom is 0.122 e. The maximum absolute atomic E-state index is 5.65. The van der Waals surface area contributed by atoms with Crippen LogP contribution in [0.3, 0.4) is 0 Å². The lowest BCUT2D eigenvalue weighted by molar-refractivity contribution is 0.285. The third-order valence-electron chi connectivity index (χ3n) is 3.41. The zero-order chi connectivity index (χ0) is 15.1. The second-order valence-electron chi connectivity index (χ2n) is 6.05. The standard InChI is InChI=1S/C18H26N2O/c1-15(2)11-19-12-17-9-10-21-18(17)14-20(3)13-16-7-5-4-6-8-16/h4-10,15,19H,11-14H2,1-3H3. The minimum absolute atomic E-state index is 0.668. The second-order valence-corrected chi connectivity index (χ2v) is 6.05. The van der Waals surface area contributed by atoms with Gasteiger partial charge in [-0.3, -0.25) is 4.90 Å². The van der Waals surface area contributed by atoms with E-state index < -0.39 is 0 Å². The highest BCUT2D eigenvalue weighted by molar-refractivity contribution is 5.18. The molecule has 0 bridgehead atoms. The van der Waals surface area contributed by atoms with E-state index in [0.29, 0.717) is 5.92 Å². The van der Waals surface area contributed by atoms with Crippen molar-refractivity contribution < 1.29 is 4.42 Å². The van der Waals surface area contributed by atoms with Crippen molar-refractivity contribution in [2.24, 2.45) is 5.92 Å². The summed E-state index contributed by atoms with van der Waals surface area (Å²) in [4.78, 5) is 2.28. The number of nitrogens with zero attached hydrogens (tertiary/aromatic N) is 1. The highest BCUT2D eigenvalue weighted by atomic mass is 16.3. The summed E-state index contributed by atoms with van der Waals surface area (Å²) in [5, 5.41) is 3.47. The van der Waals surface area contributed by atoms with E-state index in [1.807, 2.05) is 0 Å². The summed E-state index contributed by atoms with van der Waals surface area (Å²) in [5.74, 6) is 1.73. The van der Waals surface area contributed by atoms with Crippen LogP contribution in [-0.4, -0.2) is 18.5 Å². The number of hydrogen-bond acceptors (Lipinski definition) is 3. The first kappa shape index (κ1) is 15.8. The highest BCUT2D eigenvalue weighted by Gasteiger charge is 2.09. The van der Waals surface area contributed by atoms with Gasteiger partial charge in [-0.15, -0.1) is 0 Å². The molecule has 21 heavy (non-hydrogen) atoms. The third kappa shape index (κ3) is 5.37. The molecule has 1 heterocycles. The molecule has 1 aromatic heterocycles. The van der Waals surface area contributed by atoms with Gasteiger partial charge in [0.15, 0.2) is 0 Å². The summed E-state index contributed by atoms with van der Waals surface area (Å²) < 4.78 is 5.65. The van der Waals surface area contributed by atoms with Crippen molar-refractivity contribution in [3.8, 4) is 0 Å². The van der Waals surface area contributed by atoms with Gasteiger partial charge in [0.25, 0.3) is 0 Å². The van der Waals surface area contributed by atoms with Crippen molar-refractivity contribution in [3.63, 3.8) is 0 Å². The summed E-state index contributed by atoms with van der Waals surface area (Å²) in [6, 6.07) is 12.6. The number of benzene rings is 1. The number of nitrogens with one attached hydrogen (secondary N) is 1. The molecule has 0 unspecified atom stereocenters. The third-order valence-corrected chi connectivity index (χ3v) is 3.41. The lowest BCUT2D eigenvalue weighted by Crippen LogP contribution is -2.21. The molecule has 0 radical (unpaired) electrons. The molecule has 0 amide bonds. The molecule has 0 atom stereocenters. The molecule has 0 aliphatic rings. The van der Waals surface area contributed by atoms with Crippen LogP contribution < -0.4 is 5.32 Å². The zero-order valence-electron chi connectivity index (χ0n) is 13.3. The van der Waals surface area contributed by atoms with Gasteiger partial charge in [-0.2, -0.15) is 0 Å². The molecule has 2 rings (SSSR count). The molecule has 114 valence electrons. The molecule has 1 N–H and O–H groups in total. The van der Waals surface area contributed by atoms with Crippen LogP contribution in [0.15, 0.2) is 47.1 Å². The number of furan rings is 1. The van der Waals surface area contributed by atoms with E-state index in [2.05, 4.69) is 67.5 Å². The van der Waals surface area contributed by atoms with Gasteiger partial charge in [0.05, 0.1) is 12.8 Å². The molecule has 3 nitrogen and oxygen atoms in total. The van der Waals surface area contributed by atoms with Crippen LogP contribution in [0, 0.1) is 5.92 Å². The molecule has 0 aliphatic carbocycles. The van der Waals surface area contributed by atoms with Gasteiger partial charge < -0.3 is 9.73 Å². The predicted molar refractivity (Wildman–Crippen MR) is 86.9 cm³/mol. The van der Waals surface area contributed by atoms with Crippen LogP contribution in [0.1, 0.15) is 30.7 Å². The molecule has 3 heteroatoms. The first-order valence-electron chi connectivity index (χ1n) is 7.63. The Balaban J connectivity index is 1.86. The Bertz CT molecular complexity index is 519. The minimum Gasteiger partial charge on any atom is -0.468 e. The summed E-state index contributed by atoms with van der Waals surface area (Å²) in [5.41, 5.74) is 2.58. The summed E-state index contributed by atoms with van der Waals surface area (Å²) in [7, 11) is 2.13. The first-order chi connectivity index (χ1) is 10.1. The fraction of sp³-hybridized carbons (Fsp3) is 0.444. The van der Waals surface area contributed by atoms with Gasteiger partial charge in [-0.25, -0.2) is 0 Å². The Kier molecular flexibility index (Phi) is 6.03. The van der Waals surface area contributed by atoms with Gasteiger partial charge in [-0.05, 0) is 31.1 Å². The molecule has 1 aromatic carbocycles. The van der Waals surface area contributed by atoms with E-state index in [9.17, 15) is 0 Å². The Morgan fingerprint density at radius 2 is 1.86 bits per heavy atom. The average Bonchev–Trinajstić information content (AvgIpc) is 2.87. The van der Waals surface area contributed by atoms with Crippen LogP contribution in [0.2, 0.25) is 0 Å². The van der Waals surface area contributed by atoms with Crippen molar-refractivity contribution in [1.29, 1.82) is 0 Å². The van der Waals surface area contributed by atoms with E-state index in [-0.39, 0.29) is 0 Å². The van der Waals surface area contributed by atoms with Crippen molar-refractivity contribution >= 4 is 0 Å². The fourth-order valence-electron chi connectivity index (χ4n) is 2.35. The lowest BCUT2D eigenvalue weighted by Gasteiger charge is -2.16. The van der Waals surface area contributed by atoms with Crippen LogP contribution in [0.25, 0.3) is 0 Å². The van der Waals surface area contributed by atoms with Crippen LogP contribution in [0.4, 0.5) is 0 Å². The summed E-state index contributed by atoms with van der Waals surface area (Å²) in [6.45, 7) is 8.11. The summed E-state index contributed by atoms with van der Waals surface area (Å²) >= 11 is 0. The Labute approximate surface area is 128 Å². The quantitative estimate of drug-likeness (QED) is 0.803. The van der Waals surface area contributed by atoms with Crippen molar-refractivity contribution in [2.45, 2.75) is 33.5 Å². The molecule has 0 spiro atoms. The van der Waals surface area contributed by atoms with Gasteiger partial charge in [-0.1, -0.05) is 44.2 Å². The van der Waals surface area contributed by atoms with Crippen molar-refractivity contribution in [3.05, 3.63) is 59.5 Å². The van der Waals surface area contributed by atoms with E-state index >= 15 is 0 Å². The van der Waals surface area contributed by atoms with Gasteiger partial charge in [0.2, 0.25) is 0 Å². The summed E-state index contributed by atoms with van der Waals surface area (Å²) in [6.07, 6.45) is 1.79. The molecular formula is C18H26N2O. The van der Waals surface area contributed by atoms with E-state index in [4.69, 9.17) is 4.42 Å². The van der Waals surface area contributed by atoms with Gasteiger partial charge in [0, 0.05) is 18.7 Å². The smallest absolute Gasteiger partial charge is 0.122 e. The minimum atomic E-state index is 0.668. The molecule has 0 fully saturated rings. The molecule has 2 aromatic rings.